The highest BCUT2D eigenvalue weighted by atomic mass is 35.5. The van der Waals surface area contributed by atoms with Crippen LogP contribution in [0.25, 0.3) is 10.9 Å². The maximum Gasteiger partial charge on any atom is 0.256 e. The predicted octanol–water partition coefficient (Wildman–Crippen LogP) is 4.60. The van der Waals surface area contributed by atoms with Crippen LogP contribution in [-0.4, -0.2) is 58.9 Å². The number of nitrogens with zero attached hydrogens (tertiary/aromatic N) is 2. The monoisotopic (exact) mass is 559 g/mol. The molecule has 2 heterocycles. The highest BCUT2D eigenvalue weighted by molar-refractivity contribution is 6.31. The summed E-state index contributed by atoms with van der Waals surface area (Å²) < 4.78 is 35.2. The summed E-state index contributed by atoms with van der Waals surface area (Å²) in [5, 5.41) is 13.4. The smallest absolute Gasteiger partial charge is 0.256 e. The van der Waals surface area contributed by atoms with E-state index in [9.17, 15) is 23.5 Å². The lowest BCUT2D eigenvalue weighted by Gasteiger charge is -2.32. The van der Waals surface area contributed by atoms with Crippen molar-refractivity contribution in [1.29, 1.82) is 0 Å². The first-order valence-corrected chi connectivity index (χ1v) is 13.7. The third-order valence-electron chi connectivity index (χ3n) is 7.55. The molecule has 208 valence electrons. The van der Waals surface area contributed by atoms with Gasteiger partial charge >= 0.3 is 0 Å². The number of aliphatic hydroxyl groups is 1. The molecule has 2 aliphatic rings. The Morgan fingerprint density at radius 1 is 1.15 bits per heavy atom. The van der Waals surface area contributed by atoms with Gasteiger partial charge in [-0.3, -0.25) is 9.59 Å². The van der Waals surface area contributed by atoms with Crippen LogP contribution in [-0.2, 0) is 0 Å². The maximum atomic E-state index is 14.2. The standard InChI is InChI=1S/C29H32ClF2N3O4/c1-17-2-5-21(12-25(17)31)39-16-20(36)8-11-34-9-6-18(7-10-34)33-29(38)23-15-35(19-3-4-19)27-14-24(30)26(32)13-22(27)28(23)37/h2,5,12-15,18-20,36H,3-4,6-11,16H2,1H3,(H,33,38)/t20-/m0/s1. The van der Waals surface area contributed by atoms with Crippen LogP contribution in [0, 0.1) is 18.6 Å². The van der Waals surface area contributed by atoms with Gasteiger partial charge in [-0.15, -0.1) is 0 Å². The van der Waals surface area contributed by atoms with Crippen molar-refractivity contribution in [2.75, 3.05) is 26.2 Å². The van der Waals surface area contributed by atoms with E-state index in [1.807, 2.05) is 4.57 Å². The average Bonchev–Trinajstić information content (AvgIpc) is 3.76. The molecule has 1 aromatic heterocycles. The van der Waals surface area contributed by atoms with Crippen LogP contribution in [0.4, 0.5) is 8.78 Å². The molecule has 10 heteroatoms. The van der Waals surface area contributed by atoms with E-state index < -0.39 is 23.3 Å². The highest BCUT2D eigenvalue weighted by Gasteiger charge is 2.28. The third kappa shape index (κ3) is 6.42. The molecule has 0 radical (unpaired) electrons. The first-order chi connectivity index (χ1) is 18.7. The van der Waals surface area contributed by atoms with E-state index in [4.69, 9.17) is 16.3 Å². The number of hydrogen-bond donors (Lipinski definition) is 2. The number of ether oxygens (including phenoxy) is 1. The molecule has 7 nitrogen and oxygen atoms in total. The summed E-state index contributed by atoms with van der Waals surface area (Å²) in [5.74, 6) is -1.10. The lowest BCUT2D eigenvalue weighted by Crippen LogP contribution is -2.46. The Labute approximate surface area is 230 Å². The number of carbonyl (C=O) groups excluding carboxylic acids is 1. The average molecular weight is 560 g/mol. The fraction of sp³-hybridized carbons (Fsp3) is 0.448. The minimum atomic E-state index is -0.687. The van der Waals surface area contributed by atoms with Gasteiger partial charge in [0.1, 0.15) is 29.6 Å². The Bertz CT molecular complexity index is 1430. The van der Waals surface area contributed by atoms with E-state index >= 15 is 0 Å². The van der Waals surface area contributed by atoms with Gasteiger partial charge in [-0.1, -0.05) is 17.7 Å². The minimum absolute atomic E-state index is 0.00938. The zero-order valence-electron chi connectivity index (χ0n) is 21.8. The minimum Gasteiger partial charge on any atom is -0.491 e. The molecule has 1 saturated heterocycles. The molecule has 0 unspecified atom stereocenters. The van der Waals surface area contributed by atoms with Crippen molar-refractivity contribution in [3.63, 3.8) is 0 Å². The van der Waals surface area contributed by atoms with Crippen molar-refractivity contribution in [3.8, 4) is 5.75 Å². The van der Waals surface area contributed by atoms with E-state index in [0.717, 1.165) is 32.0 Å². The fourth-order valence-corrected chi connectivity index (χ4v) is 5.15. The molecule has 2 N–H and O–H groups in total. The first-order valence-electron chi connectivity index (χ1n) is 13.3. The van der Waals surface area contributed by atoms with Gasteiger partial charge in [0.2, 0.25) is 5.43 Å². The molecular formula is C29H32ClF2N3O4. The van der Waals surface area contributed by atoms with Crippen LogP contribution in [0.3, 0.4) is 0 Å². The molecule has 2 aromatic carbocycles. The van der Waals surface area contributed by atoms with E-state index in [2.05, 4.69) is 10.2 Å². The largest absolute Gasteiger partial charge is 0.491 e. The number of aromatic nitrogens is 1. The number of benzene rings is 2. The predicted molar refractivity (Wildman–Crippen MR) is 146 cm³/mol. The molecule has 2 fully saturated rings. The van der Waals surface area contributed by atoms with E-state index in [1.54, 1.807) is 25.3 Å². The van der Waals surface area contributed by atoms with Crippen molar-refractivity contribution < 1.29 is 23.4 Å². The summed E-state index contributed by atoms with van der Waals surface area (Å²) in [5.41, 5.74) is 0.584. The summed E-state index contributed by atoms with van der Waals surface area (Å²) in [6.07, 6.45) is 4.66. The normalized spacial score (nSPS) is 17.4. The van der Waals surface area contributed by atoms with Gasteiger partial charge in [-0.25, -0.2) is 8.78 Å². The molecule has 3 aromatic rings. The summed E-state index contributed by atoms with van der Waals surface area (Å²) in [4.78, 5) is 28.4. The zero-order chi connectivity index (χ0) is 27.7. The topological polar surface area (TPSA) is 83.8 Å². The molecule has 1 aliphatic carbocycles. The van der Waals surface area contributed by atoms with Gasteiger partial charge in [0.25, 0.3) is 5.91 Å². The number of rotatable bonds is 9. The number of likely N-dealkylation sites (tertiary alicyclic amines) is 1. The molecular weight excluding hydrogens is 528 g/mol. The molecule has 0 bridgehead atoms. The molecule has 1 saturated carbocycles. The molecule has 1 atom stereocenters. The zero-order valence-corrected chi connectivity index (χ0v) is 22.5. The van der Waals surface area contributed by atoms with Gasteiger partial charge in [0.05, 0.1) is 16.6 Å². The van der Waals surface area contributed by atoms with Crippen molar-refractivity contribution in [2.45, 2.75) is 57.2 Å². The van der Waals surface area contributed by atoms with Crippen molar-refractivity contribution in [2.24, 2.45) is 0 Å². The Morgan fingerprint density at radius 2 is 1.90 bits per heavy atom. The van der Waals surface area contributed by atoms with E-state index in [0.29, 0.717) is 42.6 Å². The van der Waals surface area contributed by atoms with E-state index in [1.165, 1.54) is 12.1 Å². The van der Waals surface area contributed by atoms with Crippen LogP contribution in [0.15, 0.2) is 41.3 Å². The van der Waals surface area contributed by atoms with Crippen LogP contribution < -0.4 is 15.5 Å². The van der Waals surface area contributed by atoms with Gasteiger partial charge in [-0.2, -0.15) is 0 Å². The molecule has 1 amide bonds. The number of piperidine rings is 1. The number of carbonyl (C=O) groups is 1. The Morgan fingerprint density at radius 3 is 2.59 bits per heavy atom. The van der Waals surface area contributed by atoms with Gasteiger partial charge in [0.15, 0.2) is 0 Å². The number of fused-ring (bicyclic) bond motifs is 1. The fourth-order valence-electron chi connectivity index (χ4n) is 5.00. The maximum absolute atomic E-state index is 14.2. The number of aliphatic hydroxyl groups excluding tert-OH is 1. The quantitative estimate of drug-likeness (QED) is 0.400. The second-order valence-electron chi connectivity index (χ2n) is 10.5. The molecule has 0 spiro atoms. The van der Waals surface area contributed by atoms with Crippen molar-refractivity contribution in [3.05, 3.63) is 74.5 Å². The summed E-state index contributed by atoms with van der Waals surface area (Å²) >= 11 is 5.96. The van der Waals surface area contributed by atoms with Gasteiger partial charge in [-0.05, 0) is 62.8 Å². The summed E-state index contributed by atoms with van der Waals surface area (Å²) in [6, 6.07) is 7.28. The van der Waals surface area contributed by atoms with Crippen LogP contribution >= 0.6 is 11.6 Å². The molecule has 5 rings (SSSR count). The number of halogens is 3. The van der Waals surface area contributed by atoms with Crippen molar-refractivity contribution in [1.82, 2.24) is 14.8 Å². The second kappa shape index (κ2) is 11.6. The Hall–Kier alpha value is -3.01. The summed E-state index contributed by atoms with van der Waals surface area (Å²) in [7, 11) is 0. The van der Waals surface area contributed by atoms with Crippen LogP contribution in [0.5, 0.6) is 5.75 Å². The number of pyridine rings is 1. The first kappa shape index (κ1) is 27.6. The van der Waals surface area contributed by atoms with Gasteiger partial charge in [0, 0.05) is 49.4 Å². The van der Waals surface area contributed by atoms with E-state index in [-0.39, 0.29) is 40.5 Å². The SMILES string of the molecule is Cc1ccc(OC[C@@H](O)CCN2CCC(NC(=O)c3cn(C4CC4)c4cc(Cl)c(F)cc4c3=O)CC2)cc1F. The highest BCUT2D eigenvalue weighted by Crippen LogP contribution is 2.37. The number of aryl methyl sites for hydroxylation is 1. The number of nitrogens with one attached hydrogen (secondary N) is 1. The van der Waals surface area contributed by atoms with Crippen molar-refractivity contribution >= 4 is 28.4 Å². The lowest BCUT2D eigenvalue weighted by molar-refractivity contribution is 0.0797. The van der Waals surface area contributed by atoms with Crippen LogP contribution in [0.2, 0.25) is 5.02 Å². The summed E-state index contributed by atoms with van der Waals surface area (Å²) in [6.45, 7) is 3.88. The van der Waals surface area contributed by atoms with Gasteiger partial charge < -0.3 is 24.6 Å². The number of hydrogen-bond acceptors (Lipinski definition) is 5. The van der Waals surface area contributed by atoms with Crippen LogP contribution in [0.1, 0.15) is 54.1 Å². The lowest BCUT2D eigenvalue weighted by atomic mass is 10.0. The Kier molecular flexibility index (Phi) is 8.21. The number of amides is 1. The second-order valence-corrected chi connectivity index (χ2v) is 11.0. The third-order valence-corrected chi connectivity index (χ3v) is 7.84. The molecule has 1 aliphatic heterocycles. The Balaban J connectivity index is 1.13. The molecule has 39 heavy (non-hydrogen) atoms.